The van der Waals surface area contributed by atoms with Gasteiger partial charge in [0.15, 0.2) is 6.10 Å². The first-order valence-corrected chi connectivity index (χ1v) is 5.94. The summed E-state index contributed by atoms with van der Waals surface area (Å²) < 4.78 is 10.1. The zero-order valence-electron chi connectivity index (χ0n) is 11.1. The second-order valence-corrected chi connectivity index (χ2v) is 4.24. The molecule has 0 fully saturated rings. The van der Waals surface area contributed by atoms with Gasteiger partial charge in [-0.1, -0.05) is 6.07 Å². The van der Waals surface area contributed by atoms with Crippen molar-refractivity contribution < 1.29 is 19.1 Å². The molecule has 1 unspecified atom stereocenters. The third-order valence-corrected chi connectivity index (χ3v) is 2.87. The van der Waals surface area contributed by atoms with E-state index in [1.807, 2.05) is 13.1 Å². The number of amides is 2. The Bertz CT molecular complexity index is 515. The molecule has 2 rings (SSSR count). The van der Waals surface area contributed by atoms with Crippen molar-refractivity contribution in [2.24, 2.45) is 0 Å². The Labute approximate surface area is 111 Å². The van der Waals surface area contributed by atoms with Crippen molar-refractivity contribution in [3.05, 3.63) is 23.8 Å². The zero-order valence-corrected chi connectivity index (χ0v) is 11.1. The van der Waals surface area contributed by atoms with Crippen molar-refractivity contribution in [2.45, 2.75) is 19.6 Å². The van der Waals surface area contributed by atoms with E-state index >= 15 is 0 Å². The van der Waals surface area contributed by atoms with Gasteiger partial charge in [0, 0.05) is 6.54 Å². The van der Waals surface area contributed by atoms with Gasteiger partial charge in [0.2, 0.25) is 0 Å². The highest BCUT2D eigenvalue weighted by molar-refractivity contribution is 6.15. The number of imide groups is 1. The number of hydrogen-bond donors (Lipinski definition) is 1. The molecule has 6 nitrogen and oxygen atoms in total. The topological polar surface area (TPSA) is 67.9 Å². The van der Waals surface area contributed by atoms with Gasteiger partial charge in [0.25, 0.3) is 5.91 Å². The lowest BCUT2D eigenvalue weighted by atomic mass is 10.1. The van der Waals surface area contributed by atoms with Gasteiger partial charge in [-0.3, -0.25) is 4.79 Å². The maximum Gasteiger partial charge on any atom is 0.421 e. The summed E-state index contributed by atoms with van der Waals surface area (Å²) in [4.78, 5) is 24.8. The highest BCUT2D eigenvalue weighted by Gasteiger charge is 2.36. The minimum Gasteiger partial charge on any atom is -0.479 e. The molecule has 1 atom stereocenters. The van der Waals surface area contributed by atoms with Crippen LogP contribution in [0.25, 0.3) is 0 Å². The van der Waals surface area contributed by atoms with Crippen molar-refractivity contribution in [3.8, 4) is 5.75 Å². The lowest BCUT2D eigenvalue weighted by Crippen LogP contribution is -2.47. The van der Waals surface area contributed by atoms with Crippen LogP contribution in [0.1, 0.15) is 12.5 Å². The number of benzene rings is 1. The maximum absolute atomic E-state index is 12.0. The van der Waals surface area contributed by atoms with Gasteiger partial charge >= 0.3 is 6.09 Å². The van der Waals surface area contributed by atoms with Crippen LogP contribution >= 0.6 is 0 Å². The van der Waals surface area contributed by atoms with E-state index in [4.69, 9.17) is 4.74 Å². The molecular formula is C13H16N2O4. The molecule has 1 aromatic rings. The number of ether oxygens (including phenoxy) is 2. The smallest absolute Gasteiger partial charge is 0.421 e. The fraction of sp³-hybridized carbons (Fsp3) is 0.385. The molecule has 0 aromatic heterocycles. The number of anilines is 1. The van der Waals surface area contributed by atoms with Gasteiger partial charge in [-0.15, -0.1) is 0 Å². The number of rotatable bonds is 2. The molecule has 0 spiro atoms. The lowest BCUT2D eigenvalue weighted by molar-refractivity contribution is -0.125. The predicted octanol–water partition coefficient (Wildman–Crippen LogP) is 1.29. The van der Waals surface area contributed by atoms with Crippen LogP contribution in [0.2, 0.25) is 0 Å². The Morgan fingerprint density at radius 1 is 1.53 bits per heavy atom. The van der Waals surface area contributed by atoms with Gasteiger partial charge in [0.05, 0.1) is 12.8 Å². The maximum atomic E-state index is 12.0. The first-order chi connectivity index (χ1) is 9.08. The van der Waals surface area contributed by atoms with E-state index in [1.165, 1.54) is 7.11 Å². The average molecular weight is 264 g/mol. The number of carbonyl (C=O) groups is 2. The molecule has 1 aliphatic heterocycles. The molecule has 1 N–H and O–H groups in total. The van der Waals surface area contributed by atoms with Crippen LogP contribution in [-0.2, 0) is 16.1 Å². The first kappa shape index (κ1) is 13.4. The Hall–Kier alpha value is -2.08. The third-order valence-electron chi connectivity index (χ3n) is 2.87. The summed E-state index contributed by atoms with van der Waals surface area (Å²) in [6.07, 6.45) is -1.41. The van der Waals surface area contributed by atoms with Gasteiger partial charge in [-0.25, -0.2) is 9.69 Å². The number of carbonyl (C=O) groups excluding carboxylic acids is 2. The minimum absolute atomic E-state index is 0.419. The molecule has 6 heteroatoms. The molecule has 0 saturated heterocycles. The first-order valence-electron chi connectivity index (χ1n) is 5.94. The van der Waals surface area contributed by atoms with Crippen LogP contribution in [0.15, 0.2) is 18.2 Å². The van der Waals surface area contributed by atoms with Crippen LogP contribution < -0.4 is 15.0 Å². The standard InChI is InChI=1S/C13H16N2O4/c1-8-12(16)15(13(17)18-3)10-6-9(7-14-2)4-5-11(10)19-8/h4-6,8,14H,7H2,1-3H3. The van der Waals surface area contributed by atoms with Gasteiger partial charge in [-0.05, 0) is 31.7 Å². The normalized spacial score (nSPS) is 17.7. The van der Waals surface area contributed by atoms with Crippen molar-refractivity contribution in [1.82, 2.24) is 5.32 Å². The van der Waals surface area contributed by atoms with Crippen molar-refractivity contribution in [2.75, 3.05) is 19.1 Å². The zero-order chi connectivity index (χ0) is 14.0. The number of hydrogen-bond acceptors (Lipinski definition) is 5. The highest BCUT2D eigenvalue weighted by Crippen LogP contribution is 2.35. The van der Waals surface area contributed by atoms with Gasteiger partial charge in [-0.2, -0.15) is 0 Å². The fourth-order valence-electron chi connectivity index (χ4n) is 1.97. The summed E-state index contributed by atoms with van der Waals surface area (Å²) in [5.74, 6) is 0.0679. The minimum atomic E-state index is -0.707. The fourth-order valence-corrected chi connectivity index (χ4v) is 1.97. The van der Waals surface area contributed by atoms with E-state index in [0.29, 0.717) is 18.0 Å². The van der Waals surface area contributed by atoms with E-state index < -0.39 is 18.1 Å². The Morgan fingerprint density at radius 2 is 2.26 bits per heavy atom. The molecule has 19 heavy (non-hydrogen) atoms. The van der Waals surface area contributed by atoms with E-state index in [2.05, 4.69) is 10.1 Å². The number of fused-ring (bicyclic) bond motifs is 1. The van der Waals surface area contributed by atoms with Gasteiger partial charge in [0.1, 0.15) is 5.75 Å². The molecule has 1 aliphatic rings. The largest absolute Gasteiger partial charge is 0.479 e. The molecule has 0 radical (unpaired) electrons. The third kappa shape index (κ3) is 2.39. The molecule has 0 saturated carbocycles. The van der Waals surface area contributed by atoms with Crippen LogP contribution in [0.4, 0.5) is 10.5 Å². The summed E-state index contributed by atoms with van der Waals surface area (Å²) in [6, 6.07) is 5.38. The molecule has 2 amide bonds. The molecule has 1 aromatic carbocycles. The second kappa shape index (κ2) is 5.27. The number of nitrogens with one attached hydrogen (secondary N) is 1. The second-order valence-electron chi connectivity index (χ2n) is 4.24. The van der Waals surface area contributed by atoms with E-state index in [9.17, 15) is 9.59 Å². The summed E-state index contributed by atoms with van der Waals surface area (Å²) in [5.41, 5.74) is 1.36. The Kier molecular flexibility index (Phi) is 3.71. The quantitative estimate of drug-likeness (QED) is 0.871. The van der Waals surface area contributed by atoms with Crippen molar-refractivity contribution in [3.63, 3.8) is 0 Å². The lowest BCUT2D eigenvalue weighted by Gasteiger charge is -2.30. The molecule has 0 bridgehead atoms. The molecular weight excluding hydrogens is 248 g/mol. The van der Waals surface area contributed by atoms with Gasteiger partial charge < -0.3 is 14.8 Å². The monoisotopic (exact) mass is 264 g/mol. The van der Waals surface area contributed by atoms with Crippen LogP contribution in [0, 0.1) is 0 Å². The van der Waals surface area contributed by atoms with E-state index in [1.54, 1.807) is 19.1 Å². The van der Waals surface area contributed by atoms with Crippen LogP contribution in [0.3, 0.4) is 0 Å². The average Bonchev–Trinajstić information content (AvgIpc) is 2.40. The molecule has 102 valence electrons. The van der Waals surface area contributed by atoms with Crippen LogP contribution in [0.5, 0.6) is 5.75 Å². The van der Waals surface area contributed by atoms with Crippen LogP contribution in [-0.4, -0.2) is 32.3 Å². The Morgan fingerprint density at radius 3 is 2.89 bits per heavy atom. The molecule has 1 heterocycles. The van der Waals surface area contributed by atoms with Crippen molar-refractivity contribution in [1.29, 1.82) is 0 Å². The molecule has 0 aliphatic carbocycles. The highest BCUT2D eigenvalue weighted by atomic mass is 16.5. The number of methoxy groups -OCH3 is 1. The Balaban J connectivity index is 2.47. The summed E-state index contributed by atoms with van der Waals surface area (Å²) in [6.45, 7) is 2.23. The van der Waals surface area contributed by atoms with E-state index in [0.717, 1.165) is 10.5 Å². The SMILES string of the molecule is CNCc1ccc2c(c1)N(C(=O)OC)C(=O)C(C)O2. The number of nitrogens with zero attached hydrogens (tertiary/aromatic N) is 1. The predicted molar refractivity (Wildman–Crippen MR) is 69.2 cm³/mol. The summed E-state index contributed by atoms with van der Waals surface area (Å²) in [7, 11) is 3.06. The van der Waals surface area contributed by atoms with E-state index in [-0.39, 0.29) is 0 Å². The summed E-state index contributed by atoms with van der Waals surface area (Å²) >= 11 is 0. The summed E-state index contributed by atoms with van der Waals surface area (Å²) in [5, 5.41) is 3.01. The van der Waals surface area contributed by atoms with Crippen molar-refractivity contribution >= 4 is 17.7 Å².